The summed E-state index contributed by atoms with van der Waals surface area (Å²) in [6, 6.07) is 13.8. The molecular weight excluding hydrogens is 409 g/mol. The molecule has 1 atom stereocenters. The van der Waals surface area contributed by atoms with Crippen LogP contribution >= 0.6 is 0 Å². The largest absolute Gasteiger partial charge is 0.481 e. The number of rotatable bonds is 9. The lowest BCUT2D eigenvalue weighted by molar-refractivity contribution is -0.136. The summed E-state index contributed by atoms with van der Waals surface area (Å²) in [5.41, 5.74) is 3.08. The van der Waals surface area contributed by atoms with Gasteiger partial charge in [0.05, 0.1) is 18.0 Å². The second-order valence-corrected chi connectivity index (χ2v) is 8.33. The molecule has 0 aliphatic carbocycles. The summed E-state index contributed by atoms with van der Waals surface area (Å²) in [6.45, 7) is 6.32. The molecule has 0 unspecified atom stereocenters. The third-order valence-electron chi connectivity index (χ3n) is 5.21. The van der Waals surface area contributed by atoms with E-state index in [9.17, 15) is 14.0 Å². The highest BCUT2D eigenvalue weighted by Crippen LogP contribution is 2.28. The van der Waals surface area contributed by atoms with Crippen molar-refractivity contribution in [2.45, 2.75) is 39.7 Å². The fourth-order valence-corrected chi connectivity index (χ4v) is 3.63. The molecule has 0 aliphatic heterocycles. The minimum atomic E-state index is -0.955. The summed E-state index contributed by atoms with van der Waals surface area (Å²) in [5.74, 6) is -0.506. The number of hydrogen-bond acceptors (Lipinski definition) is 4. The van der Waals surface area contributed by atoms with E-state index in [1.807, 2.05) is 25.1 Å². The molecule has 1 aromatic heterocycles. The number of carboxylic acid groups (broad SMARTS) is 1. The Balaban J connectivity index is 1.80. The standard InChI is InChI=1S/C25H28FN3O3/c1-15(2)12-21(17-4-6-18(7-5-17)25(32)27-11-10-24(30)31)28-23-13-16(3)20-9-8-19(26)14-22(20)29-23/h4-9,13-15,21H,10-12H2,1-3H3,(H,27,32)(H,28,29)(H,30,31)/t21-/m1/s1. The summed E-state index contributed by atoms with van der Waals surface area (Å²) in [7, 11) is 0. The highest BCUT2D eigenvalue weighted by molar-refractivity contribution is 5.94. The molecule has 0 radical (unpaired) electrons. The van der Waals surface area contributed by atoms with E-state index in [2.05, 4.69) is 29.5 Å². The van der Waals surface area contributed by atoms with Crippen molar-refractivity contribution in [3.63, 3.8) is 0 Å². The van der Waals surface area contributed by atoms with Crippen LogP contribution in [0.4, 0.5) is 10.2 Å². The van der Waals surface area contributed by atoms with Crippen LogP contribution in [-0.2, 0) is 4.79 Å². The van der Waals surface area contributed by atoms with Crippen molar-refractivity contribution in [1.29, 1.82) is 0 Å². The quantitative estimate of drug-likeness (QED) is 0.434. The van der Waals surface area contributed by atoms with E-state index in [-0.39, 0.29) is 30.7 Å². The molecule has 7 heteroatoms. The number of nitrogens with zero attached hydrogens (tertiary/aromatic N) is 1. The van der Waals surface area contributed by atoms with Crippen molar-refractivity contribution in [2.24, 2.45) is 5.92 Å². The fraction of sp³-hybridized carbons (Fsp3) is 0.320. The fourth-order valence-electron chi connectivity index (χ4n) is 3.63. The molecule has 0 saturated carbocycles. The Morgan fingerprint density at radius 1 is 1.09 bits per heavy atom. The van der Waals surface area contributed by atoms with Crippen LogP contribution < -0.4 is 10.6 Å². The molecule has 1 heterocycles. The monoisotopic (exact) mass is 437 g/mol. The first kappa shape index (κ1) is 23.2. The number of carbonyl (C=O) groups excluding carboxylic acids is 1. The van der Waals surface area contributed by atoms with E-state index in [4.69, 9.17) is 5.11 Å². The summed E-state index contributed by atoms with van der Waals surface area (Å²) in [5, 5.41) is 15.7. The van der Waals surface area contributed by atoms with Gasteiger partial charge in [-0.2, -0.15) is 0 Å². The van der Waals surface area contributed by atoms with E-state index in [1.54, 1.807) is 18.2 Å². The topological polar surface area (TPSA) is 91.3 Å². The molecular formula is C25H28FN3O3. The molecule has 0 fully saturated rings. The average molecular weight is 438 g/mol. The number of hydrogen-bond donors (Lipinski definition) is 3. The molecule has 0 saturated heterocycles. The van der Waals surface area contributed by atoms with Crippen molar-refractivity contribution < 1.29 is 19.1 Å². The Morgan fingerprint density at radius 2 is 1.81 bits per heavy atom. The van der Waals surface area contributed by atoms with Crippen molar-refractivity contribution in [3.8, 4) is 0 Å². The lowest BCUT2D eigenvalue weighted by Gasteiger charge is -2.22. The first-order valence-electron chi connectivity index (χ1n) is 10.7. The number of aliphatic carboxylic acids is 1. The smallest absolute Gasteiger partial charge is 0.305 e. The van der Waals surface area contributed by atoms with Gasteiger partial charge >= 0.3 is 5.97 Å². The zero-order valence-electron chi connectivity index (χ0n) is 18.5. The van der Waals surface area contributed by atoms with Crippen LogP contribution in [0.25, 0.3) is 10.9 Å². The SMILES string of the molecule is Cc1cc(N[C@H](CC(C)C)c2ccc(C(=O)NCCC(=O)O)cc2)nc2cc(F)ccc12. The Bertz CT molecular complexity index is 1110. The number of carboxylic acids is 1. The molecule has 3 rings (SSSR count). The zero-order chi connectivity index (χ0) is 23.3. The predicted molar refractivity (Wildman–Crippen MR) is 123 cm³/mol. The van der Waals surface area contributed by atoms with Crippen LogP contribution in [-0.4, -0.2) is 28.5 Å². The minimum absolute atomic E-state index is 0.0444. The first-order valence-corrected chi connectivity index (χ1v) is 10.7. The predicted octanol–water partition coefficient (Wildman–Crippen LogP) is 5.09. The van der Waals surface area contributed by atoms with Gasteiger partial charge in [-0.15, -0.1) is 0 Å². The maximum absolute atomic E-state index is 13.7. The number of nitrogens with one attached hydrogen (secondary N) is 2. The maximum atomic E-state index is 13.7. The number of pyridine rings is 1. The van der Waals surface area contributed by atoms with Gasteiger partial charge in [-0.1, -0.05) is 26.0 Å². The molecule has 6 nitrogen and oxygen atoms in total. The number of amides is 1. The van der Waals surface area contributed by atoms with Crippen molar-refractivity contribution in [2.75, 3.05) is 11.9 Å². The lowest BCUT2D eigenvalue weighted by atomic mass is 9.96. The van der Waals surface area contributed by atoms with Crippen molar-refractivity contribution >= 4 is 28.6 Å². The Kier molecular flexibility index (Phi) is 7.41. The molecule has 3 N–H and O–H groups in total. The van der Waals surface area contributed by atoms with Gasteiger partial charge in [0.2, 0.25) is 0 Å². The number of carbonyl (C=O) groups is 2. The molecule has 3 aromatic rings. The highest BCUT2D eigenvalue weighted by Gasteiger charge is 2.16. The minimum Gasteiger partial charge on any atom is -0.481 e. The van der Waals surface area contributed by atoms with Gasteiger partial charge in [0.25, 0.3) is 5.91 Å². The Labute approximate surface area is 186 Å². The Morgan fingerprint density at radius 3 is 2.47 bits per heavy atom. The van der Waals surface area contributed by atoms with E-state index >= 15 is 0 Å². The van der Waals surface area contributed by atoms with E-state index in [1.165, 1.54) is 12.1 Å². The number of anilines is 1. The van der Waals surface area contributed by atoms with Gasteiger partial charge in [-0.25, -0.2) is 9.37 Å². The second-order valence-electron chi connectivity index (χ2n) is 8.33. The maximum Gasteiger partial charge on any atom is 0.305 e. The molecule has 2 aromatic carbocycles. The zero-order valence-corrected chi connectivity index (χ0v) is 18.5. The molecule has 168 valence electrons. The third-order valence-corrected chi connectivity index (χ3v) is 5.21. The van der Waals surface area contributed by atoms with E-state index < -0.39 is 5.97 Å². The first-order chi connectivity index (χ1) is 15.2. The van der Waals surface area contributed by atoms with Gasteiger partial charge < -0.3 is 15.7 Å². The average Bonchev–Trinajstić information content (AvgIpc) is 2.72. The molecule has 1 amide bonds. The van der Waals surface area contributed by atoms with Crippen LogP contribution in [0, 0.1) is 18.7 Å². The highest BCUT2D eigenvalue weighted by atomic mass is 19.1. The number of halogens is 1. The summed E-state index contributed by atoms with van der Waals surface area (Å²) >= 11 is 0. The van der Waals surface area contributed by atoms with Crippen LogP contribution in [0.1, 0.15) is 54.2 Å². The van der Waals surface area contributed by atoms with E-state index in [0.717, 1.165) is 22.9 Å². The van der Waals surface area contributed by atoms with Crippen molar-refractivity contribution in [3.05, 3.63) is 71.0 Å². The second kappa shape index (κ2) is 10.2. The molecule has 0 bridgehead atoms. The molecule has 0 spiro atoms. The van der Waals surface area contributed by atoms with Crippen LogP contribution in [0.5, 0.6) is 0 Å². The number of benzene rings is 2. The number of aromatic nitrogens is 1. The van der Waals surface area contributed by atoms with Crippen molar-refractivity contribution in [1.82, 2.24) is 10.3 Å². The number of aryl methyl sites for hydroxylation is 1. The van der Waals surface area contributed by atoms with Gasteiger partial charge in [0.1, 0.15) is 11.6 Å². The van der Waals surface area contributed by atoms with Crippen LogP contribution in [0.2, 0.25) is 0 Å². The Hall–Kier alpha value is -3.48. The number of fused-ring (bicyclic) bond motifs is 1. The normalized spacial score (nSPS) is 12.0. The summed E-state index contributed by atoms with van der Waals surface area (Å²) in [6.07, 6.45) is 0.721. The van der Waals surface area contributed by atoms with Crippen LogP contribution in [0.3, 0.4) is 0 Å². The molecule has 32 heavy (non-hydrogen) atoms. The van der Waals surface area contributed by atoms with Crippen LogP contribution in [0.15, 0.2) is 48.5 Å². The molecule has 0 aliphatic rings. The lowest BCUT2D eigenvalue weighted by Crippen LogP contribution is -2.26. The van der Waals surface area contributed by atoms with Gasteiger partial charge in [0, 0.05) is 23.6 Å². The van der Waals surface area contributed by atoms with Gasteiger partial charge in [-0.3, -0.25) is 9.59 Å². The summed E-state index contributed by atoms with van der Waals surface area (Å²) in [4.78, 5) is 27.4. The third kappa shape index (κ3) is 6.03. The van der Waals surface area contributed by atoms with Gasteiger partial charge in [0.15, 0.2) is 0 Å². The summed E-state index contributed by atoms with van der Waals surface area (Å²) < 4.78 is 13.7. The van der Waals surface area contributed by atoms with E-state index in [0.29, 0.717) is 22.8 Å². The van der Waals surface area contributed by atoms with Gasteiger partial charge in [-0.05, 0) is 60.7 Å².